The number of para-hydroxylation sites is 1. The van der Waals surface area contributed by atoms with Crippen molar-refractivity contribution < 1.29 is 14.5 Å². The van der Waals surface area contributed by atoms with E-state index in [-0.39, 0.29) is 29.5 Å². The highest BCUT2D eigenvalue weighted by atomic mass is 16.6. The van der Waals surface area contributed by atoms with E-state index in [2.05, 4.69) is 28.9 Å². The average Bonchev–Trinajstić information content (AvgIpc) is 3.35. The summed E-state index contributed by atoms with van der Waals surface area (Å²) >= 11 is 0. The van der Waals surface area contributed by atoms with Gasteiger partial charge in [-0.05, 0) is 60.7 Å². The van der Waals surface area contributed by atoms with E-state index in [0.717, 1.165) is 29.0 Å². The molecule has 1 aliphatic carbocycles. The number of anilines is 2. The standard InChI is InChI=1S/C27H25N3O4/c1-2-34-20-15-11-18(12-16-20)28-27(31)24-8-4-7-23-21-5-3-6-22(21)25(29-26(23)24)17-9-13-19(14-10-17)30(32)33/h3-5,7-16,21-22,25,29H,2,6H2,1H3,(H,28,31). The third-order valence-corrected chi connectivity index (χ3v) is 6.53. The van der Waals surface area contributed by atoms with Crippen molar-refractivity contribution in [2.45, 2.75) is 25.3 Å². The number of nitrogens with zero attached hydrogens (tertiary/aromatic N) is 1. The summed E-state index contributed by atoms with van der Waals surface area (Å²) in [6.07, 6.45) is 5.29. The van der Waals surface area contributed by atoms with Crippen molar-refractivity contribution >= 4 is 23.0 Å². The lowest BCUT2D eigenvalue weighted by molar-refractivity contribution is -0.384. The highest BCUT2D eigenvalue weighted by Gasteiger charge is 2.39. The lowest BCUT2D eigenvalue weighted by Crippen LogP contribution is -2.30. The van der Waals surface area contributed by atoms with E-state index in [1.54, 1.807) is 12.1 Å². The third kappa shape index (κ3) is 4.01. The molecule has 1 heterocycles. The van der Waals surface area contributed by atoms with Crippen molar-refractivity contribution in [3.63, 3.8) is 0 Å². The molecule has 172 valence electrons. The minimum Gasteiger partial charge on any atom is -0.494 e. The Bertz CT molecular complexity index is 1250. The molecule has 0 radical (unpaired) electrons. The van der Waals surface area contributed by atoms with Gasteiger partial charge in [0.15, 0.2) is 0 Å². The number of carbonyl (C=O) groups excluding carboxylic acids is 1. The Hall–Kier alpha value is -4.13. The van der Waals surface area contributed by atoms with Gasteiger partial charge in [0.1, 0.15) is 5.75 Å². The van der Waals surface area contributed by atoms with Crippen LogP contribution in [0.4, 0.5) is 17.1 Å². The largest absolute Gasteiger partial charge is 0.494 e. The first kappa shape index (κ1) is 21.7. The van der Waals surface area contributed by atoms with Gasteiger partial charge in [0.2, 0.25) is 0 Å². The quantitative estimate of drug-likeness (QED) is 0.267. The van der Waals surface area contributed by atoms with Gasteiger partial charge in [0.25, 0.3) is 11.6 Å². The summed E-state index contributed by atoms with van der Waals surface area (Å²) in [7, 11) is 0. The molecule has 3 atom stereocenters. The van der Waals surface area contributed by atoms with Gasteiger partial charge in [-0.25, -0.2) is 0 Å². The second kappa shape index (κ2) is 9.02. The van der Waals surface area contributed by atoms with Gasteiger partial charge in [-0.15, -0.1) is 0 Å². The van der Waals surface area contributed by atoms with Crippen molar-refractivity contribution in [3.8, 4) is 5.75 Å². The summed E-state index contributed by atoms with van der Waals surface area (Å²) in [5, 5.41) is 17.7. The molecule has 3 aromatic rings. The van der Waals surface area contributed by atoms with E-state index in [0.29, 0.717) is 17.9 Å². The number of ether oxygens (including phenoxy) is 1. The fourth-order valence-corrected chi connectivity index (χ4v) is 4.94. The van der Waals surface area contributed by atoms with Gasteiger partial charge in [0, 0.05) is 23.7 Å². The molecule has 3 unspecified atom stereocenters. The number of allylic oxidation sites excluding steroid dienone is 2. The van der Waals surface area contributed by atoms with E-state index in [9.17, 15) is 14.9 Å². The number of rotatable bonds is 6. The maximum Gasteiger partial charge on any atom is 0.269 e. The molecule has 7 nitrogen and oxygen atoms in total. The van der Waals surface area contributed by atoms with E-state index >= 15 is 0 Å². The van der Waals surface area contributed by atoms with Crippen LogP contribution in [0.15, 0.2) is 78.9 Å². The smallest absolute Gasteiger partial charge is 0.269 e. The first-order chi connectivity index (χ1) is 16.5. The fourth-order valence-electron chi connectivity index (χ4n) is 4.94. The van der Waals surface area contributed by atoms with E-state index in [4.69, 9.17) is 4.74 Å². The monoisotopic (exact) mass is 455 g/mol. The molecule has 2 aliphatic rings. The van der Waals surface area contributed by atoms with Gasteiger partial charge in [-0.2, -0.15) is 0 Å². The Balaban J connectivity index is 1.45. The van der Waals surface area contributed by atoms with Crippen LogP contribution in [0.3, 0.4) is 0 Å². The summed E-state index contributed by atoms with van der Waals surface area (Å²) in [6.45, 7) is 2.51. The van der Waals surface area contributed by atoms with Crippen LogP contribution < -0.4 is 15.4 Å². The number of nitro groups is 1. The molecule has 1 amide bonds. The van der Waals surface area contributed by atoms with Crippen molar-refractivity contribution in [2.24, 2.45) is 5.92 Å². The predicted molar refractivity (Wildman–Crippen MR) is 131 cm³/mol. The molecular formula is C27H25N3O4. The number of amides is 1. The number of nitro benzene ring substituents is 1. The second-order valence-corrected chi connectivity index (χ2v) is 8.51. The molecule has 34 heavy (non-hydrogen) atoms. The van der Waals surface area contributed by atoms with E-state index in [1.165, 1.54) is 12.1 Å². The van der Waals surface area contributed by atoms with E-state index < -0.39 is 4.92 Å². The van der Waals surface area contributed by atoms with Crippen LogP contribution in [-0.4, -0.2) is 17.4 Å². The summed E-state index contributed by atoms with van der Waals surface area (Å²) in [4.78, 5) is 24.0. The number of carbonyl (C=O) groups is 1. The zero-order valence-corrected chi connectivity index (χ0v) is 18.7. The Morgan fingerprint density at radius 1 is 1.12 bits per heavy atom. The SMILES string of the molecule is CCOc1ccc(NC(=O)c2cccc3c2NC(c2ccc([N+](=O)[O-])cc2)C2CC=CC32)cc1. The van der Waals surface area contributed by atoms with E-state index in [1.807, 2.05) is 43.3 Å². The van der Waals surface area contributed by atoms with Crippen molar-refractivity contribution in [1.29, 1.82) is 0 Å². The Morgan fingerprint density at radius 2 is 1.88 bits per heavy atom. The minimum absolute atomic E-state index is 0.0623. The molecule has 0 saturated carbocycles. The molecule has 1 aliphatic heterocycles. The van der Waals surface area contributed by atoms with Gasteiger partial charge < -0.3 is 15.4 Å². The van der Waals surface area contributed by atoms with Crippen LogP contribution in [0.2, 0.25) is 0 Å². The van der Waals surface area contributed by atoms with Crippen molar-refractivity contribution in [3.05, 3.63) is 106 Å². The number of non-ortho nitro benzene ring substituents is 1. The third-order valence-electron chi connectivity index (χ3n) is 6.53. The van der Waals surface area contributed by atoms with Crippen molar-refractivity contribution in [2.75, 3.05) is 17.2 Å². The predicted octanol–water partition coefficient (Wildman–Crippen LogP) is 6.07. The molecule has 0 aromatic heterocycles. The number of hydrogen-bond donors (Lipinski definition) is 2. The fraction of sp³-hybridized carbons (Fsp3) is 0.222. The van der Waals surface area contributed by atoms with Gasteiger partial charge in [-0.3, -0.25) is 14.9 Å². The zero-order valence-electron chi connectivity index (χ0n) is 18.7. The lowest BCUT2D eigenvalue weighted by atomic mass is 9.76. The number of fused-ring (bicyclic) bond motifs is 3. The van der Waals surface area contributed by atoms with Gasteiger partial charge >= 0.3 is 0 Å². The summed E-state index contributed by atoms with van der Waals surface area (Å²) in [6, 6.07) is 19.7. The summed E-state index contributed by atoms with van der Waals surface area (Å²) in [5.41, 5.74) is 4.19. The Labute approximate surface area is 197 Å². The van der Waals surface area contributed by atoms with Crippen LogP contribution in [0.5, 0.6) is 5.75 Å². The summed E-state index contributed by atoms with van der Waals surface area (Å²) in [5.74, 6) is 1.01. The molecule has 0 saturated heterocycles. The Kier molecular flexibility index (Phi) is 5.76. The first-order valence-electron chi connectivity index (χ1n) is 11.4. The highest BCUT2D eigenvalue weighted by molar-refractivity contribution is 6.08. The molecule has 0 bridgehead atoms. The number of nitrogens with one attached hydrogen (secondary N) is 2. The van der Waals surface area contributed by atoms with Gasteiger partial charge in [-0.1, -0.05) is 36.4 Å². The van der Waals surface area contributed by atoms with Crippen LogP contribution >= 0.6 is 0 Å². The highest BCUT2D eigenvalue weighted by Crippen LogP contribution is 2.50. The van der Waals surface area contributed by atoms with Crippen LogP contribution in [-0.2, 0) is 0 Å². The molecular weight excluding hydrogens is 430 g/mol. The molecule has 0 fully saturated rings. The lowest BCUT2D eigenvalue weighted by Gasteiger charge is -2.38. The van der Waals surface area contributed by atoms with Crippen LogP contribution in [0.25, 0.3) is 0 Å². The molecule has 3 aromatic carbocycles. The zero-order chi connectivity index (χ0) is 23.7. The molecule has 7 heteroatoms. The Morgan fingerprint density at radius 3 is 2.59 bits per heavy atom. The molecule has 2 N–H and O–H groups in total. The maximum atomic E-state index is 13.3. The topological polar surface area (TPSA) is 93.5 Å². The van der Waals surface area contributed by atoms with Crippen LogP contribution in [0, 0.1) is 16.0 Å². The molecule has 5 rings (SSSR count). The number of benzene rings is 3. The first-order valence-corrected chi connectivity index (χ1v) is 11.4. The second-order valence-electron chi connectivity index (χ2n) is 8.51. The summed E-state index contributed by atoms with van der Waals surface area (Å²) < 4.78 is 5.47. The van der Waals surface area contributed by atoms with Gasteiger partial charge in [0.05, 0.1) is 28.8 Å². The maximum absolute atomic E-state index is 13.3. The minimum atomic E-state index is -0.392. The van der Waals surface area contributed by atoms with Crippen LogP contribution in [0.1, 0.15) is 46.8 Å². The normalized spacial score (nSPS) is 20.1. The average molecular weight is 456 g/mol. The molecule has 0 spiro atoms. The number of hydrogen-bond acceptors (Lipinski definition) is 5. The van der Waals surface area contributed by atoms with Crippen molar-refractivity contribution in [1.82, 2.24) is 0 Å².